The molecule has 5 heteroatoms. The Kier molecular flexibility index (Phi) is 4.37. The summed E-state index contributed by atoms with van der Waals surface area (Å²) in [5, 5.41) is 0.448. The van der Waals surface area contributed by atoms with Crippen molar-refractivity contribution in [2.45, 2.75) is 13.0 Å². The van der Waals surface area contributed by atoms with Crippen molar-refractivity contribution in [3.05, 3.63) is 58.4 Å². The molecule has 0 saturated heterocycles. The van der Waals surface area contributed by atoms with Crippen LogP contribution in [0.4, 0.5) is 0 Å². The Morgan fingerprint density at radius 1 is 1.32 bits per heavy atom. The number of nitrogens with one attached hydrogen (secondary N) is 1. The first-order chi connectivity index (χ1) is 9.15. The number of aryl methyl sites for hydroxylation is 1. The van der Waals surface area contributed by atoms with Crippen LogP contribution in [0.2, 0.25) is 5.15 Å². The molecule has 0 spiro atoms. The molecule has 0 amide bonds. The highest BCUT2D eigenvalue weighted by molar-refractivity contribution is 6.29. The predicted molar refractivity (Wildman–Crippen MR) is 76.1 cm³/mol. The number of nitrogens with two attached hydrogens (primary N) is 1. The molecule has 1 aromatic heterocycles. The number of ether oxygens (including phenoxy) is 1. The normalized spacial score (nSPS) is 12.2. The molecule has 1 heterocycles. The van der Waals surface area contributed by atoms with Crippen molar-refractivity contribution in [3.8, 4) is 5.75 Å². The van der Waals surface area contributed by atoms with Gasteiger partial charge < -0.3 is 4.74 Å². The van der Waals surface area contributed by atoms with Gasteiger partial charge in [-0.25, -0.2) is 10.4 Å². The second-order valence-corrected chi connectivity index (χ2v) is 4.62. The molecule has 4 nitrogen and oxygen atoms in total. The maximum atomic E-state index is 5.92. The smallest absolute Gasteiger partial charge is 0.129 e. The fourth-order valence-corrected chi connectivity index (χ4v) is 2.24. The van der Waals surface area contributed by atoms with Crippen LogP contribution in [-0.2, 0) is 0 Å². The number of halogens is 1. The van der Waals surface area contributed by atoms with Crippen molar-refractivity contribution in [2.75, 3.05) is 7.11 Å². The summed E-state index contributed by atoms with van der Waals surface area (Å²) in [6.45, 7) is 2.02. The van der Waals surface area contributed by atoms with Gasteiger partial charge in [0.25, 0.3) is 0 Å². The zero-order valence-corrected chi connectivity index (χ0v) is 11.6. The Morgan fingerprint density at radius 2 is 2.11 bits per heavy atom. The molecule has 2 aromatic rings. The lowest BCUT2D eigenvalue weighted by Gasteiger charge is -2.19. The van der Waals surface area contributed by atoms with Gasteiger partial charge in [-0.3, -0.25) is 5.84 Å². The molecule has 2 rings (SSSR count). The van der Waals surface area contributed by atoms with Gasteiger partial charge in [-0.15, -0.1) is 0 Å². The Balaban J connectivity index is 2.42. The molecule has 100 valence electrons. The molecule has 1 aromatic carbocycles. The third kappa shape index (κ3) is 3.04. The SMILES string of the molecule is COc1ccc(C(NN)c2ccnc(Cl)c2)c(C)c1. The van der Waals surface area contributed by atoms with Gasteiger partial charge in [0.1, 0.15) is 10.9 Å². The van der Waals surface area contributed by atoms with Crippen LogP contribution in [0.25, 0.3) is 0 Å². The number of nitrogens with zero attached hydrogens (tertiary/aromatic N) is 1. The summed E-state index contributed by atoms with van der Waals surface area (Å²) in [4.78, 5) is 3.98. The van der Waals surface area contributed by atoms with Crippen LogP contribution < -0.4 is 16.0 Å². The van der Waals surface area contributed by atoms with Crippen LogP contribution in [-0.4, -0.2) is 12.1 Å². The summed E-state index contributed by atoms with van der Waals surface area (Å²) in [7, 11) is 1.65. The van der Waals surface area contributed by atoms with Crippen LogP contribution in [0.1, 0.15) is 22.7 Å². The van der Waals surface area contributed by atoms with Gasteiger partial charge in [0.2, 0.25) is 0 Å². The van der Waals surface area contributed by atoms with E-state index in [0.29, 0.717) is 5.15 Å². The average Bonchev–Trinajstić information content (AvgIpc) is 2.41. The molecular weight excluding hydrogens is 262 g/mol. The number of hydrogen-bond donors (Lipinski definition) is 2. The van der Waals surface area contributed by atoms with Gasteiger partial charge in [-0.05, 0) is 47.9 Å². The first-order valence-corrected chi connectivity index (χ1v) is 6.25. The Bertz CT molecular complexity index is 574. The summed E-state index contributed by atoms with van der Waals surface area (Å²) in [5.41, 5.74) is 5.95. The number of hydrogen-bond acceptors (Lipinski definition) is 4. The van der Waals surface area contributed by atoms with Crippen molar-refractivity contribution in [1.82, 2.24) is 10.4 Å². The highest BCUT2D eigenvalue weighted by atomic mass is 35.5. The van der Waals surface area contributed by atoms with Crippen molar-refractivity contribution >= 4 is 11.6 Å². The van der Waals surface area contributed by atoms with Crippen LogP contribution in [0.15, 0.2) is 36.5 Å². The number of rotatable bonds is 4. The summed E-state index contributed by atoms with van der Waals surface area (Å²) in [6.07, 6.45) is 1.67. The van der Waals surface area contributed by atoms with Crippen LogP contribution in [0, 0.1) is 6.92 Å². The molecule has 0 saturated carbocycles. The van der Waals surface area contributed by atoms with E-state index >= 15 is 0 Å². The monoisotopic (exact) mass is 277 g/mol. The molecule has 3 N–H and O–H groups in total. The van der Waals surface area contributed by atoms with E-state index in [1.165, 1.54) is 0 Å². The molecule has 0 fully saturated rings. The van der Waals surface area contributed by atoms with E-state index < -0.39 is 0 Å². The summed E-state index contributed by atoms with van der Waals surface area (Å²) >= 11 is 5.92. The van der Waals surface area contributed by atoms with E-state index in [4.69, 9.17) is 22.2 Å². The van der Waals surface area contributed by atoms with Gasteiger partial charge >= 0.3 is 0 Å². The minimum atomic E-state index is -0.133. The molecule has 0 aliphatic heterocycles. The lowest BCUT2D eigenvalue weighted by Crippen LogP contribution is -2.29. The Hall–Kier alpha value is -1.62. The van der Waals surface area contributed by atoms with Gasteiger partial charge in [0.05, 0.1) is 13.2 Å². The van der Waals surface area contributed by atoms with Crippen molar-refractivity contribution in [1.29, 1.82) is 0 Å². The third-order valence-electron chi connectivity index (χ3n) is 3.04. The largest absolute Gasteiger partial charge is 0.497 e. The molecule has 1 unspecified atom stereocenters. The van der Waals surface area contributed by atoms with Crippen LogP contribution in [0.5, 0.6) is 5.75 Å². The quantitative estimate of drug-likeness (QED) is 0.512. The molecule has 0 aliphatic carbocycles. The second kappa shape index (κ2) is 6.02. The Morgan fingerprint density at radius 3 is 2.68 bits per heavy atom. The van der Waals surface area contributed by atoms with E-state index in [2.05, 4.69) is 10.4 Å². The van der Waals surface area contributed by atoms with Crippen LogP contribution in [0.3, 0.4) is 0 Å². The lowest BCUT2D eigenvalue weighted by molar-refractivity contribution is 0.414. The van der Waals surface area contributed by atoms with E-state index in [1.54, 1.807) is 19.4 Å². The number of pyridine rings is 1. The number of benzene rings is 1. The molecule has 0 bridgehead atoms. The van der Waals surface area contributed by atoms with Crippen LogP contribution >= 0.6 is 11.6 Å². The molecule has 1 atom stereocenters. The summed E-state index contributed by atoms with van der Waals surface area (Å²) in [5.74, 6) is 6.51. The maximum Gasteiger partial charge on any atom is 0.129 e. The number of methoxy groups -OCH3 is 1. The zero-order valence-electron chi connectivity index (χ0n) is 10.9. The zero-order chi connectivity index (χ0) is 13.8. The predicted octanol–water partition coefficient (Wildman–Crippen LogP) is 2.60. The fraction of sp³-hybridized carbons (Fsp3) is 0.214. The van der Waals surface area contributed by atoms with E-state index in [0.717, 1.165) is 22.4 Å². The third-order valence-corrected chi connectivity index (χ3v) is 3.25. The Labute approximate surface area is 117 Å². The van der Waals surface area contributed by atoms with E-state index in [9.17, 15) is 0 Å². The molecule has 0 radical (unpaired) electrons. The average molecular weight is 278 g/mol. The molecular formula is C14H16ClN3O. The second-order valence-electron chi connectivity index (χ2n) is 4.23. The number of hydrazine groups is 1. The van der Waals surface area contributed by atoms with Crippen molar-refractivity contribution < 1.29 is 4.74 Å². The maximum absolute atomic E-state index is 5.92. The topological polar surface area (TPSA) is 60.2 Å². The van der Waals surface area contributed by atoms with Gasteiger partial charge in [-0.2, -0.15) is 0 Å². The highest BCUT2D eigenvalue weighted by Gasteiger charge is 2.15. The first-order valence-electron chi connectivity index (χ1n) is 5.88. The van der Waals surface area contributed by atoms with E-state index in [-0.39, 0.29) is 6.04 Å². The highest BCUT2D eigenvalue weighted by Crippen LogP contribution is 2.27. The standard InChI is InChI=1S/C14H16ClN3O/c1-9-7-11(19-2)3-4-12(9)14(18-16)10-5-6-17-13(15)8-10/h3-8,14,18H,16H2,1-2H3. The first kappa shape index (κ1) is 13.8. The van der Waals surface area contributed by atoms with Crippen molar-refractivity contribution in [2.24, 2.45) is 5.84 Å². The van der Waals surface area contributed by atoms with Gasteiger partial charge in [0.15, 0.2) is 0 Å². The fourth-order valence-electron chi connectivity index (χ4n) is 2.06. The molecule has 19 heavy (non-hydrogen) atoms. The van der Waals surface area contributed by atoms with E-state index in [1.807, 2.05) is 31.2 Å². The van der Waals surface area contributed by atoms with Crippen molar-refractivity contribution in [3.63, 3.8) is 0 Å². The van der Waals surface area contributed by atoms with Gasteiger partial charge in [0, 0.05) is 6.20 Å². The minimum absolute atomic E-state index is 0.133. The lowest BCUT2D eigenvalue weighted by atomic mass is 9.96. The minimum Gasteiger partial charge on any atom is -0.497 e. The molecule has 0 aliphatic rings. The summed E-state index contributed by atoms with van der Waals surface area (Å²) < 4.78 is 5.21. The number of aromatic nitrogens is 1. The summed E-state index contributed by atoms with van der Waals surface area (Å²) in [6, 6.07) is 9.44. The van der Waals surface area contributed by atoms with Gasteiger partial charge in [-0.1, -0.05) is 17.7 Å².